The van der Waals surface area contributed by atoms with Crippen molar-refractivity contribution in [1.29, 1.82) is 0 Å². The summed E-state index contributed by atoms with van der Waals surface area (Å²) in [6, 6.07) is 15.2. The van der Waals surface area contributed by atoms with Gasteiger partial charge < -0.3 is 25.6 Å². The minimum atomic E-state index is -3.98. The number of sulfonamides is 1. The summed E-state index contributed by atoms with van der Waals surface area (Å²) in [5, 5.41) is 9.79. The van der Waals surface area contributed by atoms with E-state index in [2.05, 4.69) is 20.7 Å². The standard InChI is InChI=1S/C43H52N6O7S/c1-28-36-32(31-16-11-12-17-33(31)45-28)19-21-42(56-36)26-35-37(50)47-43(39(52)48-57(54,55)41(2)22-23-41)25-30(43)15-9-4-3-5-10-18-34(38(51)49(35)27-42)46-40(53)44-24-20-29-13-7-6-8-14-29/h6-9,11-17,30,34-35H,3-5,10,18-27H2,1-2H3,(H,47,50)(H,48,52)(H2,44,46,53)/t30-,34+,35+,42-,43-/m1/s1. The van der Waals surface area contributed by atoms with Crippen LogP contribution in [0.2, 0.25) is 0 Å². The van der Waals surface area contributed by atoms with E-state index in [0.717, 1.165) is 34.9 Å². The molecule has 14 heteroatoms. The molecular formula is C43H52N6O7S. The molecule has 5 atom stereocenters. The molecule has 2 saturated carbocycles. The summed E-state index contributed by atoms with van der Waals surface area (Å²) in [6.45, 7) is 3.96. The lowest BCUT2D eigenvalue weighted by molar-refractivity contribution is -0.141. The lowest BCUT2D eigenvalue weighted by atomic mass is 9.87. The molecule has 1 saturated heterocycles. The van der Waals surface area contributed by atoms with Gasteiger partial charge in [0.2, 0.25) is 21.8 Å². The molecule has 4 heterocycles. The van der Waals surface area contributed by atoms with E-state index in [9.17, 15) is 27.6 Å². The monoisotopic (exact) mass is 796 g/mol. The number of nitrogens with one attached hydrogen (secondary N) is 4. The number of nitrogens with zero attached hydrogens (tertiary/aromatic N) is 2. The molecule has 57 heavy (non-hydrogen) atoms. The third-order valence-electron chi connectivity index (χ3n) is 12.7. The first kappa shape index (κ1) is 38.9. The number of aryl methyl sites for hydroxylation is 2. The average Bonchev–Trinajstić information content (AvgIpc) is 4.08. The number of carbonyl (C=O) groups is 4. The van der Waals surface area contributed by atoms with Gasteiger partial charge in [0.15, 0.2) is 0 Å². The van der Waals surface area contributed by atoms with E-state index in [-0.39, 0.29) is 19.4 Å². The van der Waals surface area contributed by atoms with Crippen molar-refractivity contribution >= 4 is 44.7 Å². The Morgan fingerprint density at radius 1 is 1.00 bits per heavy atom. The fraction of sp³-hybridized carbons (Fsp3) is 0.512. The number of rotatable bonds is 7. The van der Waals surface area contributed by atoms with Crippen LogP contribution in [0.25, 0.3) is 10.9 Å². The SMILES string of the molecule is Cc1nc2ccccc2c2c1O[C@]1(CC2)C[C@H]2C(=O)N[C@]3(C(=O)NS(=O)(=O)C4(C)CC4)C[C@H]3C=CCCCCC[C@H](NC(=O)NCCc3ccccc3)C(=O)N2C1. The molecule has 0 radical (unpaired) electrons. The number of fused-ring (bicyclic) bond motifs is 5. The van der Waals surface area contributed by atoms with Gasteiger partial charge in [-0.1, -0.05) is 73.5 Å². The van der Waals surface area contributed by atoms with Crippen LogP contribution in [0.5, 0.6) is 5.75 Å². The van der Waals surface area contributed by atoms with Gasteiger partial charge in [-0.25, -0.2) is 18.2 Å². The fourth-order valence-corrected chi connectivity index (χ4v) is 10.1. The smallest absolute Gasteiger partial charge is 0.315 e. The molecule has 302 valence electrons. The molecule has 1 aromatic heterocycles. The van der Waals surface area contributed by atoms with Gasteiger partial charge in [0.25, 0.3) is 5.91 Å². The second kappa shape index (κ2) is 15.1. The van der Waals surface area contributed by atoms with Gasteiger partial charge in [0, 0.05) is 29.8 Å². The highest BCUT2D eigenvalue weighted by atomic mass is 32.2. The topological polar surface area (TPSA) is 176 Å². The highest BCUT2D eigenvalue weighted by molar-refractivity contribution is 7.91. The van der Waals surface area contributed by atoms with Gasteiger partial charge >= 0.3 is 6.03 Å². The maximum absolute atomic E-state index is 14.8. The van der Waals surface area contributed by atoms with Gasteiger partial charge in [0.05, 0.1) is 22.5 Å². The minimum Gasteiger partial charge on any atom is -0.483 e. The Balaban J connectivity index is 1.09. The van der Waals surface area contributed by atoms with Crippen molar-refractivity contribution < 1.29 is 32.3 Å². The largest absolute Gasteiger partial charge is 0.483 e. The van der Waals surface area contributed by atoms with Crippen LogP contribution in [0.1, 0.15) is 88.0 Å². The van der Waals surface area contributed by atoms with Crippen molar-refractivity contribution in [2.75, 3.05) is 13.1 Å². The summed E-state index contributed by atoms with van der Waals surface area (Å²) in [5.74, 6) is -1.51. The number of amides is 5. The van der Waals surface area contributed by atoms with E-state index in [1.54, 1.807) is 6.92 Å². The van der Waals surface area contributed by atoms with Crippen LogP contribution in [0.3, 0.4) is 0 Å². The summed E-state index contributed by atoms with van der Waals surface area (Å²) in [4.78, 5) is 63.2. The number of aromatic nitrogens is 1. The molecule has 1 spiro atoms. The van der Waals surface area contributed by atoms with Gasteiger partial charge in [-0.15, -0.1) is 0 Å². The molecule has 2 aromatic carbocycles. The fourth-order valence-electron chi connectivity index (χ4n) is 8.82. The molecular weight excluding hydrogens is 745 g/mol. The second-order valence-electron chi connectivity index (χ2n) is 16.9. The van der Waals surface area contributed by atoms with Gasteiger partial charge in [-0.3, -0.25) is 19.1 Å². The first-order chi connectivity index (χ1) is 27.3. The van der Waals surface area contributed by atoms with Crippen LogP contribution in [-0.2, 0) is 37.2 Å². The average molecular weight is 797 g/mol. The molecule has 0 unspecified atom stereocenters. The number of urea groups is 1. The number of benzene rings is 2. The van der Waals surface area contributed by atoms with Crippen molar-refractivity contribution in [1.82, 2.24) is 30.6 Å². The first-order valence-electron chi connectivity index (χ1n) is 20.3. The maximum atomic E-state index is 14.8. The second-order valence-corrected chi connectivity index (χ2v) is 19.1. The van der Waals surface area contributed by atoms with Crippen LogP contribution in [0.4, 0.5) is 4.79 Å². The van der Waals surface area contributed by atoms with Crippen molar-refractivity contribution in [3.05, 3.63) is 83.6 Å². The third-order valence-corrected chi connectivity index (χ3v) is 14.9. The summed E-state index contributed by atoms with van der Waals surface area (Å²) < 4.78 is 34.6. The summed E-state index contributed by atoms with van der Waals surface area (Å²) >= 11 is 0. The summed E-state index contributed by atoms with van der Waals surface area (Å²) in [5.41, 5.74) is 1.24. The van der Waals surface area contributed by atoms with E-state index in [1.807, 2.05) is 73.7 Å². The van der Waals surface area contributed by atoms with E-state index in [4.69, 9.17) is 9.72 Å². The first-order valence-corrected chi connectivity index (χ1v) is 21.8. The predicted molar refractivity (Wildman–Crippen MR) is 215 cm³/mol. The van der Waals surface area contributed by atoms with Crippen LogP contribution in [0, 0.1) is 12.8 Å². The zero-order valence-corrected chi connectivity index (χ0v) is 33.5. The van der Waals surface area contributed by atoms with Crippen LogP contribution < -0.4 is 25.4 Å². The number of hydrogen-bond donors (Lipinski definition) is 4. The number of hydrogen-bond acceptors (Lipinski definition) is 8. The lowest BCUT2D eigenvalue weighted by Gasteiger charge is -2.36. The lowest BCUT2D eigenvalue weighted by Crippen LogP contribution is -2.59. The van der Waals surface area contributed by atoms with Crippen molar-refractivity contribution in [2.24, 2.45) is 5.92 Å². The molecule has 13 nitrogen and oxygen atoms in total. The normalized spacial score (nSPS) is 28.1. The highest BCUT2D eigenvalue weighted by Crippen LogP contribution is 2.49. The Morgan fingerprint density at radius 3 is 2.56 bits per heavy atom. The molecule has 8 rings (SSSR count). The van der Waals surface area contributed by atoms with E-state index < -0.39 is 67.7 Å². The Kier molecular flexibility index (Phi) is 10.3. The Hall–Kier alpha value is -4.98. The van der Waals surface area contributed by atoms with Crippen molar-refractivity contribution in [3.8, 4) is 5.75 Å². The van der Waals surface area contributed by atoms with Gasteiger partial charge in [0.1, 0.15) is 29.0 Å². The number of pyridine rings is 1. The molecule has 5 amide bonds. The van der Waals surface area contributed by atoms with Crippen molar-refractivity contribution in [3.63, 3.8) is 0 Å². The zero-order valence-electron chi connectivity index (χ0n) is 32.6. The van der Waals surface area contributed by atoms with Crippen LogP contribution in [0.15, 0.2) is 66.7 Å². The summed E-state index contributed by atoms with van der Waals surface area (Å²) in [7, 11) is -3.98. The Labute approximate surface area is 333 Å². The number of para-hydroxylation sites is 1. The maximum Gasteiger partial charge on any atom is 0.315 e. The summed E-state index contributed by atoms with van der Waals surface area (Å²) in [6.07, 6.45) is 10.3. The Bertz CT molecular complexity index is 2230. The zero-order chi connectivity index (χ0) is 40.0. The number of ether oxygens (including phenoxy) is 1. The van der Waals surface area contributed by atoms with E-state index in [0.29, 0.717) is 69.4 Å². The molecule has 4 N–H and O–H groups in total. The molecule has 3 aromatic rings. The van der Waals surface area contributed by atoms with E-state index >= 15 is 0 Å². The highest BCUT2D eigenvalue weighted by Gasteiger charge is 2.64. The van der Waals surface area contributed by atoms with Crippen molar-refractivity contribution in [2.45, 2.75) is 119 Å². The van der Waals surface area contributed by atoms with Crippen LogP contribution in [-0.4, -0.2) is 83.1 Å². The molecule has 2 aliphatic carbocycles. The molecule has 3 fully saturated rings. The molecule has 0 bridgehead atoms. The molecule has 5 aliphatic rings. The number of allylic oxidation sites excluding steroid dienone is 1. The third kappa shape index (κ3) is 7.72. The minimum absolute atomic E-state index is 0.0820. The van der Waals surface area contributed by atoms with Crippen LogP contribution >= 0.6 is 0 Å². The molecule has 3 aliphatic heterocycles. The van der Waals surface area contributed by atoms with Gasteiger partial charge in [-0.2, -0.15) is 0 Å². The number of carbonyl (C=O) groups excluding carboxylic acids is 4. The quantitative estimate of drug-likeness (QED) is 0.253. The van der Waals surface area contributed by atoms with Gasteiger partial charge in [-0.05, 0) is 83.3 Å². The predicted octanol–water partition coefficient (Wildman–Crippen LogP) is 4.51. The Morgan fingerprint density at radius 2 is 1.77 bits per heavy atom. The van der Waals surface area contributed by atoms with E-state index in [1.165, 1.54) is 4.90 Å².